The fourth-order valence-corrected chi connectivity index (χ4v) is 1.67. The van der Waals surface area contributed by atoms with Gasteiger partial charge in [0.05, 0.1) is 5.69 Å². The summed E-state index contributed by atoms with van der Waals surface area (Å²) in [4.78, 5) is 8.77. The van der Waals surface area contributed by atoms with Gasteiger partial charge in [0.25, 0.3) is 0 Å². The van der Waals surface area contributed by atoms with Crippen LogP contribution in [0.2, 0.25) is 0 Å². The van der Waals surface area contributed by atoms with Crippen molar-refractivity contribution in [3.8, 4) is 11.3 Å². The van der Waals surface area contributed by atoms with E-state index in [2.05, 4.69) is 16.0 Å². The number of hydrogen-bond acceptors (Lipinski definition) is 2. The van der Waals surface area contributed by atoms with Crippen LogP contribution < -0.4 is 0 Å². The van der Waals surface area contributed by atoms with Gasteiger partial charge >= 0.3 is 0 Å². The van der Waals surface area contributed by atoms with Gasteiger partial charge in [-0.2, -0.15) is 0 Å². The third kappa shape index (κ3) is 1.54. The second-order valence-electron chi connectivity index (χ2n) is 3.54. The molecule has 75 valence electrons. The topological polar surface area (TPSA) is 25.8 Å². The van der Waals surface area contributed by atoms with Crippen molar-refractivity contribution in [3.63, 3.8) is 0 Å². The minimum Gasteiger partial charge on any atom is -0.237 e. The highest BCUT2D eigenvalue weighted by molar-refractivity contribution is 5.77. The van der Waals surface area contributed by atoms with Crippen molar-refractivity contribution in [1.82, 2.24) is 9.97 Å². The molecule has 2 aromatic heterocycles. The van der Waals surface area contributed by atoms with Gasteiger partial charge in [-0.25, -0.2) is 9.97 Å². The van der Waals surface area contributed by atoms with E-state index in [9.17, 15) is 0 Å². The van der Waals surface area contributed by atoms with Crippen LogP contribution in [0.15, 0.2) is 54.7 Å². The van der Waals surface area contributed by atoms with E-state index in [4.69, 9.17) is 0 Å². The summed E-state index contributed by atoms with van der Waals surface area (Å²) in [7, 11) is 0. The number of benzene rings is 1. The molecule has 3 aromatic rings. The van der Waals surface area contributed by atoms with Crippen LogP contribution in [0.1, 0.15) is 0 Å². The van der Waals surface area contributed by atoms with Crippen molar-refractivity contribution < 1.29 is 0 Å². The van der Waals surface area contributed by atoms with Gasteiger partial charge in [-0.3, -0.25) is 0 Å². The molecule has 0 fully saturated rings. The minimum absolute atomic E-state index is 0.785. The van der Waals surface area contributed by atoms with Crippen LogP contribution in [0.3, 0.4) is 0 Å². The molecule has 0 saturated heterocycles. The van der Waals surface area contributed by atoms with Gasteiger partial charge < -0.3 is 0 Å². The van der Waals surface area contributed by atoms with Gasteiger partial charge in [-0.15, -0.1) is 0 Å². The molecule has 2 nitrogen and oxygen atoms in total. The first-order valence-electron chi connectivity index (χ1n) is 5.12. The Bertz CT molecular complexity index is 618. The molecule has 2 heterocycles. The summed E-state index contributed by atoms with van der Waals surface area (Å²) in [5.41, 5.74) is 2.82. The quantitative estimate of drug-likeness (QED) is 0.610. The predicted octanol–water partition coefficient (Wildman–Crippen LogP) is 3.10. The zero-order valence-electron chi connectivity index (χ0n) is 8.59. The highest BCUT2D eigenvalue weighted by Crippen LogP contribution is 2.18. The lowest BCUT2D eigenvalue weighted by atomic mass is 10.1. The van der Waals surface area contributed by atoms with Crippen LogP contribution in [0.25, 0.3) is 22.3 Å². The Morgan fingerprint density at radius 1 is 0.938 bits per heavy atom. The van der Waals surface area contributed by atoms with E-state index in [-0.39, 0.29) is 0 Å². The lowest BCUT2D eigenvalue weighted by Crippen LogP contribution is -1.86. The van der Waals surface area contributed by atoms with E-state index in [0.717, 1.165) is 22.3 Å². The number of nitrogens with zero attached hydrogens (tertiary/aromatic N) is 2. The molecule has 16 heavy (non-hydrogen) atoms. The Labute approximate surface area is 93.6 Å². The highest BCUT2D eigenvalue weighted by atomic mass is 14.8. The average molecular weight is 205 g/mol. The van der Waals surface area contributed by atoms with Crippen LogP contribution in [0.5, 0.6) is 0 Å². The molecule has 0 atom stereocenters. The van der Waals surface area contributed by atoms with Gasteiger partial charge in [-0.05, 0) is 30.3 Å². The third-order valence-electron chi connectivity index (χ3n) is 2.48. The summed E-state index contributed by atoms with van der Waals surface area (Å²) in [6.07, 6.45) is 1.76. The number of pyridine rings is 2. The molecular weight excluding hydrogens is 196 g/mol. The molecule has 0 aliphatic heterocycles. The summed E-state index contributed by atoms with van der Waals surface area (Å²) in [5, 5.41) is 1.06. The van der Waals surface area contributed by atoms with Crippen molar-refractivity contribution >= 4 is 11.0 Å². The van der Waals surface area contributed by atoms with Crippen molar-refractivity contribution in [2.24, 2.45) is 0 Å². The maximum atomic E-state index is 4.52. The van der Waals surface area contributed by atoms with E-state index >= 15 is 0 Å². The maximum absolute atomic E-state index is 4.52. The lowest BCUT2D eigenvalue weighted by molar-refractivity contribution is 1.29. The molecule has 0 saturated carbocycles. The summed E-state index contributed by atoms with van der Waals surface area (Å²) in [6, 6.07) is 18.8. The van der Waals surface area contributed by atoms with E-state index in [0.29, 0.717) is 0 Å². The van der Waals surface area contributed by atoms with Crippen molar-refractivity contribution in [2.75, 3.05) is 0 Å². The molecule has 3 rings (SSSR count). The van der Waals surface area contributed by atoms with Crippen molar-refractivity contribution in [3.05, 3.63) is 60.8 Å². The molecule has 1 aromatic carbocycles. The molecule has 0 N–H and O–H groups in total. The van der Waals surface area contributed by atoms with Gasteiger partial charge in [0.2, 0.25) is 0 Å². The molecule has 0 spiro atoms. The summed E-state index contributed by atoms with van der Waals surface area (Å²) in [6.45, 7) is 0. The Morgan fingerprint density at radius 3 is 2.69 bits per heavy atom. The fourth-order valence-electron chi connectivity index (χ4n) is 1.67. The fraction of sp³-hybridized carbons (Fsp3) is 0. The van der Waals surface area contributed by atoms with Gasteiger partial charge in [0.15, 0.2) is 5.65 Å². The van der Waals surface area contributed by atoms with Crippen LogP contribution in [0, 0.1) is 6.07 Å². The monoisotopic (exact) mass is 205 g/mol. The van der Waals surface area contributed by atoms with Crippen molar-refractivity contribution in [1.29, 1.82) is 0 Å². The number of rotatable bonds is 1. The Balaban J connectivity index is 2.19. The SMILES string of the molecule is [c]1ccc(-c2ccc3cccnc3n2)cc1. The molecule has 0 bridgehead atoms. The van der Waals surface area contributed by atoms with Gasteiger partial charge in [0.1, 0.15) is 0 Å². The van der Waals surface area contributed by atoms with E-state index < -0.39 is 0 Å². The first kappa shape index (κ1) is 9.04. The van der Waals surface area contributed by atoms with E-state index in [1.54, 1.807) is 6.20 Å². The maximum Gasteiger partial charge on any atom is 0.159 e. The molecular formula is C14H9N2. The molecule has 0 amide bonds. The molecule has 2 heteroatoms. The summed E-state index contributed by atoms with van der Waals surface area (Å²) >= 11 is 0. The first-order valence-corrected chi connectivity index (χ1v) is 5.12. The molecule has 0 aliphatic rings. The predicted molar refractivity (Wildman–Crippen MR) is 63.8 cm³/mol. The van der Waals surface area contributed by atoms with Crippen LogP contribution in [-0.4, -0.2) is 9.97 Å². The number of hydrogen-bond donors (Lipinski definition) is 0. The van der Waals surface area contributed by atoms with Crippen LogP contribution in [-0.2, 0) is 0 Å². The second-order valence-corrected chi connectivity index (χ2v) is 3.54. The second kappa shape index (κ2) is 3.74. The summed E-state index contributed by atoms with van der Waals surface area (Å²) in [5.74, 6) is 0. The lowest BCUT2D eigenvalue weighted by Gasteiger charge is -2.01. The number of aromatic nitrogens is 2. The normalized spacial score (nSPS) is 10.5. The smallest absolute Gasteiger partial charge is 0.159 e. The van der Waals surface area contributed by atoms with Crippen LogP contribution in [0.4, 0.5) is 0 Å². The zero-order valence-corrected chi connectivity index (χ0v) is 8.59. The standard InChI is InChI=1S/C14H9N2/c1-2-5-11(6-3-1)13-9-8-12-7-4-10-15-14(12)16-13/h2-10H. The first-order chi connectivity index (χ1) is 7.93. The van der Waals surface area contributed by atoms with E-state index in [1.165, 1.54) is 0 Å². The Hall–Kier alpha value is -2.22. The van der Waals surface area contributed by atoms with Gasteiger partial charge in [-0.1, -0.05) is 24.3 Å². The largest absolute Gasteiger partial charge is 0.237 e. The molecule has 0 aliphatic carbocycles. The minimum atomic E-state index is 0.785. The van der Waals surface area contributed by atoms with Gasteiger partial charge in [0, 0.05) is 17.1 Å². The summed E-state index contributed by atoms with van der Waals surface area (Å²) < 4.78 is 0. The number of fused-ring (bicyclic) bond motifs is 1. The average Bonchev–Trinajstić information content (AvgIpc) is 2.39. The molecule has 0 unspecified atom stereocenters. The van der Waals surface area contributed by atoms with Crippen LogP contribution >= 0.6 is 0 Å². The Morgan fingerprint density at radius 2 is 1.81 bits per heavy atom. The highest BCUT2D eigenvalue weighted by Gasteiger charge is 2.00. The third-order valence-corrected chi connectivity index (χ3v) is 2.48. The zero-order chi connectivity index (χ0) is 10.8. The Kier molecular flexibility index (Phi) is 2.11. The molecule has 1 radical (unpaired) electrons. The van der Waals surface area contributed by atoms with E-state index in [1.807, 2.05) is 48.5 Å². The van der Waals surface area contributed by atoms with Crippen molar-refractivity contribution in [2.45, 2.75) is 0 Å².